The monoisotopic (exact) mass is 506 g/mol. The van der Waals surface area contributed by atoms with Gasteiger partial charge in [0.2, 0.25) is 0 Å². The fourth-order valence-electron chi connectivity index (χ4n) is 4.47. The lowest BCUT2D eigenvalue weighted by Crippen LogP contribution is -2.05. The molecule has 0 fully saturated rings. The summed E-state index contributed by atoms with van der Waals surface area (Å²) in [6.45, 7) is 0. The number of rotatable bonds is 3. The molecule has 0 aliphatic carbocycles. The second-order valence-electron chi connectivity index (χ2n) is 8.78. The number of hydrogen-bond acceptors (Lipinski definition) is 8. The second kappa shape index (κ2) is 8.56. The lowest BCUT2D eigenvalue weighted by Gasteiger charge is -2.12. The first-order valence-electron chi connectivity index (χ1n) is 11.5. The predicted octanol–water partition coefficient (Wildman–Crippen LogP) is 5.72. The quantitative estimate of drug-likeness (QED) is 0.239. The number of hydrogen-bond donors (Lipinski definition) is 4. The van der Waals surface area contributed by atoms with Gasteiger partial charge in [0.1, 0.15) is 46.7 Å². The Morgan fingerprint density at radius 3 is 1.32 bits per heavy atom. The molecule has 38 heavy (non-hydrogen) atoms. The fraction of sp³-hybridized carbons (Fsp3) is 0. The number of phenolic OH excluding ortho intramolecular Hbond substituents is 4. The molecule has 0 aliphatic rings. The normalized spacial score (nSPS) is 11.3. The summed E-state index contributed by atoms with van der Waals surface area (Å²) in [6.07, 6.45) is 2.54. The van der Waals surface area contributed by atoms with Gasteiger partial charge in [0.15, 0.2) is 10.9 Å². The molecule has 0 amide bonds. The number of phenols is 4. The van der Waals surface area contributed by atoms with Crippen LogP contribution in [-0.4, -0.2) is 20.4 Å². The summed E-state index contributed by atoms with van der Waals surface area (Å²) in [7, 11) is 0. The topological polar surface area (TPSA) is 141 Å². The molecule has 0 spiro atoms. The fourth-order valence-corrected chi connectivity index (χ4v) is 4.47. The van der Waals surface area contributed by atoms with Gasteiger partial charge in [-0.25, -0.2) is 0 Å². The first-order valence-corrected chi connectivity index (χ1v) is 11.5. The molecule has 0 atom stereocenters. The van der Waals surface area contributed by atoms with Gasteiger partial charge >= 0.3 is 0 Å². The zero-order valence-corrected chi connectivity index (χ0v) is 19.5. The molecule has 2 aromatic heterocycles. The smallest absolute Gasteiger partial charge is 0.200 e. The summed E-state index contributed by atoms with van der Waals surface area (Å²) in [5.41, 5.74) is 1.54. The molecule has 186 valence electrons. The van der Waals surface area contributed by atoms with Gasteiger partial charge in [-0.3, -0.25) is 9.59 Å². The van der Waals surface area contributed by atoms with Crippen LogP contribution < -0.4 is 10.9 Å². The average molecular weight is 506 g/mol. The van der Waals surface area contributed by atoms with E-state index in [1.54, 1.807) is 12.1 Å². The Balaban J connectivity index is 1.49. The van der Waals surface area contributed by atoms with Crippen molar-refractivity contribution in [3.63, 3.8) is 0 Å². The van der Waals surface area contributed by atoms with Crippen molar-refractivity contribution >= 4 is 21.9 Å². The highest BCUT2D eigenvalue weighted by Gasteiger charge is 2.17. The van der Waals surface area contributed by atoms with E-state index in [1.165, 1.54) is 73.2 Å². The standard InChI is InChI=1S/C30H18O8/c31-17-3-5-19-27(11-17)37-13-23(29(19)35)15-1-7-25(33)21(9-15)22-10-16(2-8-26(22)34)24-14-38-28-12-18(32)4-6-20(28)30(24)36/h1-14,31-34H. The molecule has 8 nitrogen and oxygen atoms in total. The van der Waals surface area contributed by atoms with Crippen LogP contribution in [0.4, 0.5) is 0 Å². The zero-order chi connectivity index (χ0) is 26.6. The van der Waals surface area contributed by atoms with Gasteiger partial charge in [-0.05, 0) is 59.7 Å². The van der Waals surface area contributed by atoms with Crippen molar-refractivity contribution in [2.45, 2.75) is 0 Å². The van der Waals surface area contributed by atoms with E-state index < -0.39 is 0 Å². The van der Waals surface area contributed by atoms with Crippen LogP contribution in [0.5, 0.6) is 23.0 Å². The van der Waals surface area contributed by atoms with E-state index in [-0.39, 0.29) is 78.0 Å². The van der Waals surface area contributed by atoms with E-state index in [0.29, 0.717) is 11.1 Å². The molecule has 2 heterocycles. The Morgan fingerprint density at radius 1 is 0.474 bits per heavy atom. The first-order chi connectivity index (χ1) is 18.3. The van der Waals surface area contributed by atoms with Crippen LogP contribution in [-0.2, 0) is 0 Å². The zero-order valence-electron chi connectivity index (χ0n) is 19.5. The van der Waals surface area contributed by atoms with Crippen molar-refractivity contribution in [2.24, 2.45) is 0 Å². The predicted molar refractivity (Wildman–Crippen MR) is 141 cm³/mol. The highest BCUT2D eigenvalue weighted by Crippen LogP contribution is 2.40. The second-order valence-corrected chi connectivity index (χ2v) is 8.78. The van der Waals surface area contributed by atoms with Gasteiger partial charge in [-0.2, -0.15) is 0 Å². The van der Waals surface area contributed by atoms with Crippen LogP contribution in [0.25, 0.3) is 55.3 Å². The minimum absolute atomic E-state index is 0.0331. The maximum atomic E-state index is 13.1. The maximum Gasteiger partial charge on any atom is 0.200 e. The molecular formula is C30H18O8. The Bertz CT molecular complexity index is 1870. The van der Waals surface area contributed by atoms with E-state index in [1.807, 2.05) is 0 Å². The molecule has 0 saturated heterocycles. The molecule has 6 rings (SSSR count). The van der Waals surface area contributed by atoms with Gasteiger partial charge in [0.05, 0.1) is 21.9 Å². The number of aromatic hydroxyl groups is 4. The molecule has 4 aromatic carbocycles. The van der Waals surface area contributed by atoms with Crippen LogP contribution in [0.2, 0.25) is 0 Å². The molecule has 4 N–H and O–H groups in total. The van der Waals surface area contributed by atoms with Crippen molar-refractivity contribution in [1.29, 1.82) is 0 Å². The summed E-state index contributed by atoms with van der Waals surface area (Å²) in [5, 5.41) is 41.2. The maximum absolute atomic E-state index is 13.1. The van der Waals surface area contributed by atoms with Gasteiger partial charge in [0, 0.05) is 23.3 Å². The van der Waals surface area contributed by atoms with Crippen LogP contribution in [0.15, 0.2) is 104 Å². The minimum Gasteiger partial charge on any atom is -0.508 e. The van der Waals surface area contributed by atoms with Crippen LogP contribution in [0, 0.1) is 0 Å². The van der Waals surface area contributed by atoms with Gasteiger partial charge in [0.25, 0.3) is 0 Å². The Morgan fingerprint density at radius 2 is 0.895 bits per heavy atom. The molecule has 0 radical (unpaired) electrons. The Hall–Kier alpha value is -5.50. The van der Waals surface area contributed by atoms with E-state index in [0.717, 1.165) is 0 Å². The van der Waals surface area contributed by atoms with Crippen molar-refractivity contribution < 1.29 is 29.3 Å². The summed E-state index contributed by atoms with van der Waals surface area (Å²) < 4.78 is 11.1. The molecule has 6 aromatic rings. The molecule has 0 saturated carbocycles. The molecule has 0 bridgehead atoms. The molecule has 8 heteroatoms. The summed E-state index contributed by atoms with van der Waals surface area (Å²) in [6, 6.07) is 17.4. The van der Waals surface area contributed by atoms with Crippen LogP contribution >= 0.6 is 0 Å². The van der Waals surface area contributed by atoms with E-state index >= 15 is 0 Å². The number of benzene rings is 4. The Labute approximate surface area is 213 Å². The number of fused-ring (bicyclic) bond motifs is 2. The lowest BCUT2D eigenvalue weighted by molar-refractivity contribution is 0.469. The molecule has 0 aliphatic heterocycles. The third-order valence-electron chi connectivity index (χ3n) is 6.42. The highest BCUT2D eigenvalue weighted by atomic mass is 16.3. The van der Waals surface area contributed by atoms with Crippen molar-refractivity contribution in [1.82, 2.24) is 0 Å². The summed E-state index contributed by atoms with van der Waals surface area (Å²) in [5.74, 6) is -0.377. The lowest BCUT2D eigenvalue weighted by atomic mass is 9.95. The summed E-state index contributed by atoms with van der Waals surface area (Å²) in [4.78, 5) is 26.3. The van der Waals surface area contributed by atoms with E-state index in [4.69, 9.17) is 8.83 Å². The average Bonchev–Trinajstić information content (AvgIpc) is 2.90. The molecule has 0 unspecified atom stereocenters. The highest BCUT2D eigenvalue weighted by molar-refractivity contribution is 5.88. The largest absolute Gasteiger partial charge is 0.508 e. The SMILES string of the molecule is O=c1c(-c2ccc(O)c(-c3cc(-c4coc5cc(O)ccc5c4=O)ccc3O)c2)coc2cc(O)ccc12. The van der Waals surface area contributed by atoms with Crippen molar-refractivity contribution in [3.05, 3.63) is 106 Å². The van der Waals surface area contributed by atoms with Gasteiger partial charge in [-0.15, -0.1) is 0 Å². The Kier molecular flexibility index (Phi) is 5.17. The molecular weight excluding hydrogens is 488 g/mol. The van der Waals surface area contributed by atoms with Gasteiger partial charge < -0.3 is 29.3 Å². The third kappa shape index (κ3) is 3.72. The van der Waals surface area contributed by atoms with Crippen molar-refractivity contribution in [2.75, 3.05) is 0 Å². The van der Waals surface area contributed by atoms with E-state index in [2.05, 4.69) is 0 Å². The van der Waals surface area contributed by atoms with Gasteiger partial charge in [-0.1, -0.05) is 12.1 Å². The first kappa shape index (κ1) is 22.9. The minimum atomic E-state index is -0.333. The van der Waals surface area contributed by atoms with Crippen molar-refractivity contribution in [3.8, 4) is 56.4 Å². The van der Waals surface area contributed by atoms with Crippen LogP contribution in [0.1, 0.15) is 0 Å². The third-order valence-corrected chi connectivity index (χ3v) is 6.42. The van der Waals surface area contributed by atoms with Crippen LogP contribution in [0.3, 0.4) is 0 Å². The van der Waals surface area contributed by atoms with E-state index in [9.17, 15) is 30.0 Å². The summed E-state index contributed by atoms with van der Waals surface area (Å²) >= 11 is 0.